The number of fused-ring (bicyclic) bond motifs is 1. The van der Waals surface area contributed by atoms with Crippen molar-refractivity contribution in [2.24, 2.45) is 0 Å². The Bertz CT molecular complexity index is 770. The van der Waals surface area contributed by atoms with Crippen LogP contribution >= 0.6 is 0 Å². The van der Waals surface area contributed by atoms with Crippen LogP contribution in [0.5, 0.6) is 11.5 Å². The van der Waals surface area contributed by atoms with Crippen molar-refractivity contribution in [1.29, 1.82) is 0 Å². The SMILES string of the molecule is CC(C)=CCC[C@]1(C)C=Cc2cc(OCc3ccccc3)ccc2O1. The fraction of sp³-hybridized carbons (Fsp3) is 0.304. The molecular weight excluding hydrogens is 308 g/mol. The molecular formula is C23H26O2. The highest BCUT2D eigenvalue weighted by Crippen LogP contribution is 2.35. The van der Waals surface area contributed by atoms with Gasteiger partial charge in [0.05, 0.1) is 0 Å². The molecule has 1 heterocycles. The monoisotopic (exact) mass is 334 g/mol. The summed E-state index contributed by atoms with van der Waals surface area (Å²) in [5, 5.41) is 0. The summed E-state index contributed by atoms with van der Waals surface area (Å²) in [6.45, 7) is 6.98. The Hall–Kier alpha value is -2.48. The smallest absolute Gasteiger partial charge is 0.128 e. The lowest BCUT2D eigenvalue weighted by Crippen LogP contribution is -2.31. The van der Waals surface area contributed by atoms with Crippen molar-refractivity contribution < 1.29 is 9.47 Å². The molecule has 130 valence electrons. The predicted molar refractivity (Wildman–Crippen MR) is 104 cm³/mol. The van der Waals surface area contributed by atoms with Crippen molar-refractivity contribution in [1.82, 2.24) is 0 Å². The third-order valence-corrected chi connectivity index (χ3v) is 4.38. The maximum absolute atomic E-state index is 6.25. The maximum Gasteiger partial charge on any atom is 0.128 e. The summed E-state index contributed by atoms with van der Waals surface area (Å²) in [6, 6.07) is 16.2. The summed E-state index contributed by atoms with van der Waals surface area (Å²) in [5.41, 5.74) is 3.35. The van der Waals surface area contributed by atoms with E-state index in [9.17, 15) is 0 Å². The molecule has 0 aromatic heterocycles. The van der Waals surface area contributed by atoms with Gasteiger partial charge >= 0.3 is 0 Å². The van der Waals surface area contributed by atoms with Gasteiger partial charge in [-0.1, -0.05) is 48.1 Å². The van der Waals surface area contributed by atoms with Crippen LogP contribution in [0.4, 0.5) is 0 Å². The molecule has 0 saturated carbocycles. The minimum Gasteiger partial charge on any atom is -0.489 e. The summed E-state index contributed by atoms with van der Waals surface area (Å²) in [6.07, 6.45) is 8.57. The Kier molecular flexibility index (Phi) is 5.28. The molecule has 2 aromatic rings. The Morgan fingerprint density at radius 1 is 1.12 bits per heavy atom. The van der Waals surface area contributed by atoms with Gasteiger partial charge < -0.3 is 9.47 Å². The molecule has 3 rings (SSSR count). The molecule has 2 heteroatoms. The first-order chi connectivity index (χ1) is 12.0. The van der Waals surface area contributed by atoms with Gasteiger partial charge in [-0.2, -0.15) is 0 Å². The lowest BCUT2D eigenvalue weighted by molar-refractivity contribution is 0.128. The quantitative estimate of drug-likeness (QED) is 0.588. The molecule has 0 bridgehead atoms. The molecule has 1 atom stereocenters. The van der Waals surface area contributed by atoms with Gasteiger partial charge in [0.2, 0.25) is 0 Å². The average molecular weight is 334 g/mol. The summed E-state index contributed by atoms with van der Waals surface area (Å²) >= 11 is 0. The van der Waals surface area contributed by atoms with E-state index in [0.29, 0.717) is 6.61 Å². The van der Waals surface area contributed by atoms with Crippen molar-refractivity contribution in [3.63, 3.8) is 0 Å². The highest BCUT2D eigenvalue weighted by molar-refractivity contribution is 5.62. The van der Waals surface area contributed by atoms with Crippen LogP contribution in [-0.2, 0) is 6.61 Å². The Morgan fingerprint density at radius 3 is 2.68 bits per heavy atom. The van der Waals surface area contributed by atoms with E-state index in [0.717, 1.165) is 29.9 Å². The zero-order chi connectivity index (χ0) is 17.7. The summed E-state index contributed by atoms with van der Waals surface area (Å²) < 4.78 is 12.2. The zero-order valence-corrected chi connectivity index (χ0v) is 15.3. The van der Waals surface area contributed by atoms with Crippen LogP contribution in [0, 0.1) is 0 Å². The second kappa shape index (κ2) is 7.60. The first-order valence-electron chi connectivity index (χ1n) is 8.86. The van der Waals surface area contributed by atoms with Crippen molar-refractivity contribution in [3.05, 3.63) is 77.4 Å². The normalized spacial score (nSPS) is 18.2. The highest BCUT2D eigenvalue weighted by atomic mass is 16.5. The number of hydrogen-bond donors (Lipinski definition) is 0. The summed E-state index contributed by atoms with van der Waals surface area (Å²) in [7, 11) is 0. The molecule has 0 spiro atoms. The Morgan fingerprint density at radius 2 is 1.92 bits per heavy atom. The minimum absolute atomic E-state index is 0.245. The molecule has 25 heavy (non-hydrogen) atoms. The third-order valence-electron chi connectivity index (χ3n) is 4.38. The van der Waals surface area contributed by atoms with Gasteiger partial charge in [-0.25, -0.2) is 0 Å². The first-order valence-corrected chi connectivity index (χ1v) is 8.86. The second-order valence-electron chi connectivity index (χ2n) is 7.04. The van der Waals surface area contributed by atoms with Crippen LogP contribution in [0.3, 0.4) is 0 Å². The first kappa shape index (κ1) is 17.3. The number of hydrogen-bond acceptors (Lipinski definition) is 2. The van der Waals surface area contributed by atoms with E-state index in [2.05, 4.69) is 51.1 Å². The van der Waals surface area contributed by atoms with E-state index in [1.165, 1.54) is 11.1 Å². The lowest BCUT2D eigenvalue weighted by Gasteiger charge is -2.31. The Balaban J connectivity index is 1.65. The van der Waals surface area contributed by atoms with E-state index in [4.69, 9.17) is 9.47 Å². The van der Waals surface area contributed by atoms with Crippen LogP contribution in [0.2, 0.25) is 0 Å². The van der Waals surface area contributed by atoms with Crippen LogP contribution in [-0.4, -0.2) is 5.60 Å². The second-order valence-corrected chi connectivity index (χ2v) is 7.04. The van der Waals surface area contributed by atoms with Gasteiger partial charge in [0.15, 0.2) is 0 Å². The van der Waals surface area contributed by atoms with E-state index in [1.54, 1.807) is 0 Å². The maximum atomic E-state index is 6.25. The average Bonchev–Trinajstić information content (AvgIpc) is 2.60. The van der Waals surface area contributed by atoms with Gasteiger partial charge in [0, 0.05) is 5.56 Å². The van der Waals surface area contributed by atoms with E-state index in [1.807, 2.05) is 36.4 Å². The fourth-order valence-corrected chi connectivity index (χ4v) is 2.91. The minimum atomic E-state index is -0.245. The number of ether oxygens (including phenoxy) is 2. The molecule has 2 nitrogen and oxygen atoms in total. The van der Waals surface area contributed by atoms with Crippen LogP contribution < -0.4 is 9.47 Å². The Labute approximate surface area is 150 Å². The molecule has 2 aromatic carbocycles. The highest BCUT2D eigenvalue weighted by Gasteiger charge is 2.26. The lowest BCUT2D eigenvalue weighted by atomic mass is 9.94. The largest absolute Gasteiger partial charge is 0.489 e. The number of allylic oxidation sites excluding steroid dienone is 2. The van der Waals surface area contributed by atoms with E-state index >= 15 is 0 Å². The molecule has 0 N–H and O–H groups in total. The van der Waals surface area contributed by atoms with Gasteiger partial charge in [-0.15, -0.1) is 0 Å². The van der Waals surface area contributed by atoms with Gasteiger partial charge in [-0.05, 0) is 63.5 Å². The topological polar surface area (TPSA) is 18.5 Å². The van der Waals surface area contributed by atoms with Gasteiger partial charge in [0.25, 0.3) is 0 Å². The van der Waals surface area contributed by atoms with Crippen molar-refractivity contribution in [3.8, 4) is 11.5 Å². The third kappa shape index (κ3) is 4.76. The molecule has 1 aliphatic heterocycles. The number of benzene rings is 2. The van der Waals surface area contributed by atoms with Crippen molar-refractivity contribution in [2.45, 2.75) is 45.8 Å². The van der Waals surface area contributed by atoms with Crippen LogP contribution in [0.25, 0.3) is 6.08 Å². The predicted octanol–water partition coefficient (Wildman–Crippen LogP) is 6.18. The molecule has 1 aliphatic rings. The molecule has 0 aliphatic carbocycles. The van der Waals surface area contributed by atoms with Crippen LogP contribution in [0.15, 0.2) is 66.3 Å². The zero-order valence-electron chi connectivity index (χ0n) is 15.3. The molecule has 0 unspecified atom stereocenters. The molecule has 0 fully saturated rings. The van der Waals surface area contributed by atoms with Crippen molar-refractivity contribution in [2.75, 3.05) is 0 Å². The van der Waals surface area contributed by atoms with Crippen LogP contribution in [0.1, 0.15) is 44.7 Å². The molecule has 0 saturated heterocycles. The van der Waals surface area contributed by atoms with E-state index in [-0.39, 0.29) is 5.60 Å². The van der Waals surface area contributed by atoms with Gasteiger partial charge in [-0.3, -0.25) is 0 Å². The molecule has 0 amide bonds. The van der Waals surface area contributed by atoms with Gasteiger partial charge in [0.1, 0.15) is 23.7 Å². The fourth-order valence-electron chi connectivity index (χ4n) is 2.91. The van der Waals surface area contributed by atoms with E-state index < -0.39 is 0 Å². The molecule has 0 radical (unpaired) electrons. The standard InChI is InChI=1S/C23H26O2/c1-18(2)8-7-14-23(3)15-13-20-16-21(11-12-22(20)25-23)24-17-19-9-5-4-6-10-19/h4-6,8-13,15-16H,7,14,17H2,1-3H3/t23-/m1/s1. The van der Waals surface area contributed by atoms with Crippen molar-refractivity contribution >= 4 is 6.08 Å². The number of rotatable bonds is 6. The summed E-state index contributed by atoms with van der Waals surface area (Å²) in [4.78, 5) is 0. The summed E-state index contributed by atoms with van der Waals surface area (Å²) in [5.74, 6) is 1.79.